The smallest absolute Gasteiger partial charge is 0.217 e. The Bertz CT molecular complexity index is 1030. The summed E-state index contributed by atoms with van der Waals surface area (Å²) in [7, 11) is -0.916. The molecule has 3 heterocycles. The van der Waals surface area contributed by atoms with Gasteiger partial charge in [0.15, 0.2) is 9.84 Å². The first-order chi connectivity index (χ1) is 12.9. The van der Waals surface area contributed by atoms with Crippen molar-refractivity contribution in [3.8, 4) is 0 Å². The number of hydrogen-bond donors (Lipinski definition) is 1. The maximum Gasteiger partial charge on any atom is 0.217 e. The number of aryl methyl sites for hydroxylation is 1. The van der Waals surface area contributed by atoms with Crippen LogP contribution in [0.4, 0.5) is 0 Å². The quantitative estimate of drug-likeness (QED) is 0.739. The van der Waals surface area contributed by atoms with Crippen LogP contribution in [0.25, 0.3) is 0 Å². The van der Waals surface area contributed by atoms with Crippen LogP contribution in [-0.2, 0) is 28.5 Å². The fraction of sp³-hybridized carbons (Fsp3) is 0.722. The van der Waals surface area contributed by atoms with E-state index in [0.29, 0.717) is 24.4 Å². The topological polar surface area (TPSA) is 88.8 Å². The summed E-state index contributed by atoms with van der Waals surface area (Å²) >= 11 is 5.40. The Kier molecular flexibility index (Phi) is 5.59. The van der Waals surface area contributed by atoms with Crippen LogP contribution in [0.15, 0.2) is 0 Å². The molecule has 1 aliphatic heterocycles. The minimum absolute atomic E-state index is 0.0571. The van der Waals surface area contributed by atoms with Crippen LogP contribution >= 0.6 is 12.2 Å². The van der Waals surface area contributed by atoms with Gasteiger partial charge < -0.3 is 0 Å². The first kappa shape index (κ1) is 21.2. The van der Waals surface area contributed by atoms with Gasteiger partial charge in [0, 0.05) is 23.2 Å². The summed E-state index contributed by atoms with van der Waals surface area (Å²) in [6.45, 7) is 11.6. The molecule has 2 aromatic heterocycles. The van der Waals surface area contributed by atoms with Gasteiger partial charge in [-0.25, -0.2) is 18.1 Å². The largest absolute Gasteiger partial charge is 0.283 e. The van der Waals surface area contributed by atoms with Gasteiger partial charge in [-0.1, -0.05) is 20.8 Å². The average molecular weight is 427 g/mol. The second-order valence-electron chi connectivity index (χ2n) is 8.84. The molecule has 0 saturated carbocycles. The second kappa shape index (κ2) is 7.38. The van der Waals surface area contributed by atoms with Gasteiger partial charge >= 0.3 is 0 Å². The Hall–Kier alpha value is -1.52. The number of hydrogen-bond acceptors (Lipinski definition) is 6. The van der Waals surface area contributed by atoms with Crippen molar-refractivity contribution in [1.29, 1.82) is 0 Å². The number of aromatic nitrogens is 5. The molecule has 2 aromatic rings. The number of sulfone groups is 1. The molecule has 1 atom stereocenters. The summed E-state index contributed by atoms with van der Waals surface area (Å²) in [4.78, 5) is 6.62. The summed E-state index contributed by atoms with van der Waals surface area (Å²) in [5.74, 6) is 1.30. The van der Waals surface area contributed by atoms with Gasteiger partial charge in [-0.05, 0) is 39.5 Å². The lowest BCUT2D eigenvalue weighted by atomic mass is 9.96. The summed E-state index contributed by atoms with van der Waals surface area (Å²) in [6.07, 6.45) is 0.637. The van der Waals surface area contributed by atoms with Crippen LogP contribution in [0.5, 0.6) is 0 Å². The monoisotopic (exact) mass is 426 g/mol. The third kappa shape index (κ3) is 4.38. The highest BCUT2D eigenvalue weighted by atomic mass is 32.2. The van der Waals surface area contributed by atoms with Crippen LogP contribution < -0.4 is 0 Å². The van der Waals surface area contributed by atoms with E-state index in [0.717, 1.165) is 22.8 Å². The fourth-order valence-corrected chi connectivity index (χ4v) is 5.49. The van der Waals surface area contributed by atoms with E-state index >= 15 is 0 Å². The molecule has 1 aliphatic rings. The van der Waals surface area contributed by atoms with E-state index in [1.165, 1.54) is 0 Å². The zero-order valence-corrected chi connectivity index (χ0v) is 19.1. The molecule has 1 unspecified atom stereocenters. The zero-order chi connectivity index (χ0) is 20.9. The average Bonchev–Trinajstić information content (AvgIpc) is 3.19. The van der Waals surface area contributed by atoms with E-state index < -0.39 is 9.84 Å². The Morgan fingerprint density at radius 1 is 1.32 bits per heavy atom. The van der Waals surface area contributed by atoms with Gasteiger partial charge in [0.25, 0.3) is 0 Å². The predicted octanol–water partition coefficient (Wildman–Crippen LogP) is 2.50. The molecule has 0 radical (unpaired) electrons. The van der Waals surface area contributed by atoms with E-state index in [1.807, 2.05) is 30.3 Å². The lowest BCUT2D eigenvalue weighted by Crippen LogP contribution is -2.24. The molecule has 1 N–H and O–H groups in total. The maximum absolute atomic E-state index is 11.8. The molecule has 0 spiro atoms. The Morgan fingerprint density at radius 2 is 2.00 bits per heavy atom. The van der Waals surface area contributed by atoms with Crippen molar-refractivity contribution in [2.45, 2.75) is 65.7 Å². The Labute approximate surface area is 171 Å². The Balaban J connectivity index is 1.76. The minimum atomic E-state index is -2.94. The number of nitrogens with one attached hydrogen (secondary N) is 1. The normalized spacial score (nSPS) is 19.6. The van der Waals surface area contributed by atoms with Crippen molar-refractivity contribution < 1.29 is 8.42 Å². The molecular formula is C18H30N6O2S2. The highest BCUT2D eigenvalue weighted by Gasteiger charge is 2.31. The molecule has 0 aliphatic carbocycles. The minimum Gasteiger partial charge on any atom is -0.283 e. The van der Waals surface area contributed by atoms with Crippen molar-refractivity contribution in [2.24, 2.45) is 0 Å². The predicted molar refractivity (Wildman–Crippen MR) is 112 cm³/mol. The third-order valence-corrected chi connectivity index (χ3v) is 7.29. The molecule has 1 saturated heterocycles. The molecule has 0 amide bonds. The van der Waals surface area contributed by atoms with Crippen LogP contribution in [0.1, 0.15) is 56.0 Å². The van der Waals surface area contributed by atoms with E-state index in [4.69, 9.17) is 12.2 Å². The molecular weight excluding hydrogens is 396 g/mol. The molecule has 0 aromatic carbocycles. The van der Waals surface area contributed by atoms with Gasteiger partial charge in [0.05, 0.1) is 29.9 Å². The highest BCUT2D eigenvalue weighted by molar-refractivity contribution is 7.91. The van der Waals surface area contributed by atoms with Crippen molar-refractivity contribution in [3.05, 3.63) is 27.5 Å². The summed E-state index contributed by atoms with van der Waals surface area (Å²) in [5, 5.41) is 7.95. The molecule has 28 heavy (non-hydrogen) atoms. The summed E-state index contributed by atoms with van der Waals surface area (Å²) in [6, 6.07) is -0.0571. The zero-order valence-electron chi connectivity index (χ0n) is 17.5. The van der Waals surface area contributed by atoms with Crippen molar-refractivity contribution in [1.82, 2.24) is 29.4 Å². The maximum atomic E-state index is 11.8. The van der Waals surface area contributed by atoms with E-state index in [1.54, 1.807) is 0 Å². The standard InChI is InChI=1S/C18H30N6O2S2/c1-12-15(13(2)24(20-12)14-7-8-28(25,26)10-14)9-22(6)11-23-17(27)19-16(21-23)18(3,4)5/h14H,7-11H2,1-6H3,(H,19,21,27). The van der Waals surface area contributed by atoms with Gasteiger partial charge in [-0.3, -0.25) is 14.7 Å². The van der Waals surface area contributed by atoms with Gasteiger partial charge in [-0.15, -0.1) is 0 Å². The van der Waals surface area contributed by atoms with Gasteiger partial charge in [0.1, 0.15) is 5.82 Å². The lowest BCUT2D eigenvalue weighted by Gasteiger charge is -2.18. The number of H-pyrrole nitrogens is 1. The van der Waals surface area contributed by atoms with Gasteiger partial charge in [0.2, 0.25) is 4.77 Å². The lowest BCUT2D eigenvalue weighted by molar-refractivity contribution is 0.242. The summed E-state index contributed by atoms with van der Waals surface area (Å²) in [5.41, 5.74) is 3.02. The number of rotatable bonds is 5. The number of nitrogens with zero attached hydrogens (tertiary/aromatic N) is 5. The molecule has 8 nitrogen and oxygen atoms in total. The van der Waals surface area contributed by atoms with Gasteiger partial charge in [-0.2, -0.15) is 5.10 Å². The molecule has 0 bridgehead atoms. The molecule has 1 fully saturated rings. The molecule has 3 rings (SSSR count). The van der Waals surface area contributed by atoms with Crippen LogP contribution in [0, 0.1) is 18.6 Å². The van der Waals surface area contributed by atoms with Crippen LogP contribution in [-0.4, -0.2) is 56.4 Å². The third-order valence-electron chi connectivity index (χ3n) is 5.23. The first-order valence-electron chi connectivity index (χ1n) is 9.48. The molecule has 156 valence electrons. The highest BCUT2D eigenvalue weighted by Crippen LogP contribution is 2.27. The van der Waals surface area contributed by atoms with Crippen molar-refractivity contribution in [3.63, 3.8) is 0 Å². The first-order valence-corrected chi connectivity index (χ1v) is 11.7. The fourth-order valence-electron chi connectivity index (χ4n) is 3.60. The number of aromatic amines is 1. The SMILES string of the molecule is Cc1nn(C2CCS(=O)(=O)C2)c(C)c1CN(C)Cn1[nH]c(C(C)(C)C)nc1=S. The van der Waals surface area contributed by atoms with E-state index in [-0.39, 0.29) is 23.0 Å². The van der Waals surface area contributed by atoms with Crippen molar-refractivity contribution >= 4 is 22.1 Å². The van der Waals surface area contributed by atoms with E-state index in [2.05, 4.69) is 40.9 Å². The van der Waals surface area contributed by atoms with Crippen molar-refractivity contribution in [2.75, 3.05) is 18.6 Å². The molecule has 10 heteroatoms. The van der Waals surface area contributed by atoms with Crippen LogP contribution in [0.2, 0.25) is 0 Å². The second-order valence-corrected chi connectivity index (χ2v) is 11.4. The van der Waals surface area contributed by atoms with Crippen LogP contribution in [0.3, 0.4) is 0 Å². The summed E-state index contributed by atoms with van der Waals surface area (Å²) < 4.78 is 28.0. The Morgan fingerprint density at radius 3 is 2.54 bits per heavy atom. The van der Waals surface area contributed by atoms with E-state index in [9.17, 15) is 8.42 Å².